The highest BCUT2D eigenvalue weighted by molar-refractivity contribution is 5.76. The van der Waals surface area contributed by atoms with Gasteiger partial charge in [-0.3, -0.25) is 4.79 Å². The molecular weight excluding hydrogens is 284 g/mol. The molecule has 0 aliphatic rings. The third kappa shape index (κ3) is 3.98. The Morgan fingerprint density at radius 1 is 1.36 bits per heavy atom. The maximum absolute atomic E-state index is 11.9. The van der Waals surface area contributed by atoms with Gasteiger partial charge in [0, 0.05) is 24.9 Å². The van der Waals surface area contributed by atoms with E-state index in [4.69, 9.17) is 15.2 Å². The monoisotopic (exact) mass is 304 g/mol. The molecule has 4 N–H and O–H groups in total. The summed E-state index contributed by atoms with van der Waals surface area (Å²) in [5, 5.41) is 2.77. The summed E-state index contributed by atoms with van der Waals surface area (Å²) in [6.07, 6.45) is 3.52. The van der Waals surface area contributed by atoms with Gasteiger partial charge in [0.1, 0.15) is 5.82 Å². The molecule has 7 heteroatoms. The molecule has 0 aliphatic carbocycles. The van der Waals surface area contributed by atoms with Crippen molar-refractivity contribution in [3.8, 4) is 11.5 Å². The fourth-order valence-corrected chi connectivity index (χ4v) is 2.05. The average molecular weight is 304 g/mol. The Balaban J connectivity index is 1.93. The number of imidazole rings is 1. The number of nitrogens with two attached hydrogens (primary N) is 1. The van der Waals surface area contributed by atoms with Gasteiger partial charge in [0.05, 0.1) is 20.8 Å². The van der Waals surface area contributed by atoms with E-state index in [0.29, 0.717) is 23.9 Å². The largest absolute Gasteiger partial charge is 0.493 e. The minimum atomic E-state index is -0.420. The molecule has 2 aromatic rings. The van der Waals surface area contributed by atoms with Crippen LogP contribution in [0.4, 0.5) is 0 Å². The van der Waals surface area contributed by atoms with Gasteiger partial charge in [0.15, 0.2) is 11.5 Å². The third-order valence-electron chi connectivity index (χ3n) is 3.25. The van der Waals surface area contributed by atoms with Crippen LogP contribution in [0, 0.1) is 0 Å². The predicted molar refractivity (Wildman–Crippen MR) is 81.5 cm³/mol. The molecule has 0 spiro atoms. The molecule has 1 atom stereocenters. The lowest BCUT2D eigenvalue weighted by atomic mass is 10.0. The number of ether oxygens (including phenoxy) is 2. The summed E-state index contributed by atoms with van der Waals surface area (Å²) in [6.45, 7) is 0.352. The van der Waals surface area contributed by atoms with Crippen molar-refractivity contribution >= 4 is 5.91 Å². The summed E-state index contributed by atoms with van der Waals surface area (Å²) < 4.78 is 10.4. The number of benzene rings is 1. The van der Waals surface area contributed by atoms with Crippen LogP contribution in [0.2, 0.25) is 0 Å². The Labute approximate surface area is 128 Å². The van der Waals surface area contributed by atoms with E-state index in [9.17, 15) is 4.79 Å². The molecule has 1 aromatic carbocycles. The van der Waals surface area contributed by atoms with Crippen molar-refractivity contribution in [2.45, 2.75) is 19.0 Å². The molecule has 0 aliphatic heterocycles. The van der Waals surface area contributed by atoms with Gasteiger partial charge in [-0.2, -0.15) is 0 Å². The number of rotatable bonds is 7. The second kappa shape index (κ2) is 7.46. The van der Waals surface area contributed by atoms with E-state index < -0.39 is 6.04 Å². The second-order valence-electron chi connectivity index (χ2n) is 4.74. The van der Waals surface area contributed by atoms with Crippen molar-refractivity contribution in [3.05, 3.63) is 42.0 Å². The summed E-state index contributed by atoms with van der Waals surface area (Å²) >= 11 is 0. The minimum absolute atomic E-state index is 0.140. The molecule has 1 amide bonds. The molecule has 1 aromatic heterocycles. The standard InChI is InChI=1S/C15H20N4O3/c1-21-12-4-3-10(7-13(12)22-2)11(16)8-15(20)19-9-14-17-5-6-18-14/h3-7,11H,8-9,16H2,1-2H3,(H,17,18)(H,19,20)/t11-/m1/s1. The molecule has 22 heavy (non-hydrogen) atoms. The average Bonchev–Trinajstić information content (AvgIpc) is 3.05. The van der Waals surface area contributed by atoms with E-state index in [0.717, 1.165) is 5.56 Å². The number of hydrogen-bond acceptors (Lipinski definition) is 5. The first-order valence-corrected chi connectivity index (χ1v) is 6.86. The Morgan fingerprint density at radius 3 is 2.77 bits per heavy atom. The summed E-state index contributed by atoms with van der Waals surface area (Å²) in [7, 11) is 3.13. The Morgan fingerprint density at radius 2 is 2.14 bits per heavy atom. The van der Waals surface area contributed by atoms with Gasteiger partial charge in [-0.1, -0.05) is 6.07 Å². The zero-order valence-corrected chi connectivity index (χ0v) is 12.6. The first-order chi connectivity index (χ1) is 10.6. The zero-order chi connectivity index (χ0) is 15.9. The molecule has 0 bridgehead atoms. The topological polar surface area (TPSA) is 102 Å². The SMILES string of the molecule is COc1ccc([C@H](N)CC(=O)NCc2ncc[nH]2)cc1OC. The molecule has 0 radical (unpaired) electrons. The maximum Gasteiger partial charge on any atom is 0.222 e. The quantitative estimate of drug-likeness (QED) is 0.711. The highest BCUT2D eigenvalue weighted by Crippen LogP contribution is 2.30. The van der Waals surface area contributed by atoms with Crippen molar-refractivity contribution in [2.75, 3.05) is 14.2 Å². The second-order valence-corrected chi connectivity index (χ2v) is 4.74. The number of H-pyrrole nitrogens is 1. The van der Waals surface area contributed by atoms with Crippen LogP contribution in [0.3, 0.4) is 0 Å². The number of aromatic amines is 1. The van der Waals surface area contributed by atoms with Crippen molar-refractivity contribution in [1.82, 2.24) is 15.3 Å². The van der Waals surface area contributed by atoms with Crippen LogP contribution >= 0.6 is 0 Å². The number of carbonyl (C=O) groups is 1. The first kappa shape index (κ1) is 15.8. The molecule has 0 saturated heterocycles. The fraction of sp³-hybridized carbons (Fsp3) is 0.333. The van der Waals surface area contributed by atoms with Crippen LogP contribution in [0.1, 0.15) is 23.9 Å². The van der Waals surface area contributed by atoms with E-state index in [1.54, 1.807) is 38.7 Å². The summed E-state index contributed by atoms with van der Waals surface area (Å²) in [5.74, 6) is 1.78. The zero-order valence-electron chi connectivity index (χ0n) is 12.6. The lowest BCUT2D eigenvalue weighted by Crippen LogP contribution is -2.27. The fourth-order valence-electron chi connectivity index (χ4n) is 2.05. The summed E-state index contributed by atoms with van der Waals surface area (Å²) in [6, 6.07) is 4.96. The van der Waals surface area contributed by atoms with E-state index >= 15 is 0 Å². The van der Waals surface area contributed by atoms with E-state index in [1.807, 2.05) is 6.07 Å². The normalized spacial score (nSPS) is 11.8. The molecule has 0 fully saturated rings. The molecule has 2 rings (SSSR count). The first-order valence-electron chi connectivity index (χ1n) is 6.86. The Kier molecular flexibility index (Phi) is 5.37. The van der Waals surface area contributed by atoms with Gasteiger partial charge in [-0.25, -0.2) is 4.98 Å². The van der Waals surface area contributed by atoms with Crippen LogP contribution in [0.15, 0.2) is 30.6 Å². The number of aromatic nitrogens is 2. The van der Waals surface area contributed by atoms with Crippen molar-refractivity contribution in [3.63, 3.8) is 0 Å². The molecule has 7 nitrogen and oxygen atoms in total. The smallest absolute Gasteiger partial charge is 0.222 e. The lowest BCUT2D eigenvalue weighted by molar-refractivity contribution is -0.121. The number of amides is 1. The van der Waals surface area contributed by atoms with Gasteiger partial charge in [-0.05, 0) is 17.7 Å². The van der Waals surface area contributed by atoms with Gasteiger partial charge in [0.2, 0.25) is 5.91 Å². The molecule has 0 saturated carbocycles. The summed E-state index contributed by atoms with van der Waals surface area (Å²) in [5.41, 5.74) is 6.89. The third-order valence-corrected chi connectivity index (χ3v) is 3.25. The van der Waals surface area contributed by atoms with E-state index in [1.165, 1.54) is 0 Å². The van der Waals surface area contributed by atoms with Gasteiger partial charge >= 0.3 is 0 Å². The number of carbonyl (C=O) groups excluding carboxylic acids is 1. The van der Waals surface area contributed by atoms with E-state index in [-0.39, 0.29) is 12.3 Å². The predicted octanol–water partition coefficient (Wildman–Crippen LogP) is 1.13. The van der Waals surface area contributed by atoms with Crippen molar-refractivity contribution < 1.29 is 14.3 Å². The summed E-state index contributed by atoms with van der Waals surface area (Å²) in [4.78, 5) is 18.9. The van der Waals surface area contributed by atoms with E-state index in [2.05, 4.69) is 15.3 Å². The minimum Gasteiger partial charge on any atom is -0.493 e. The number of nitrogens with zero attached hydrogens (tertiary/aromatic N) is 1. The highest BCUT2D eigenvalue weighted by atomic mass is 16.5. The van der Waals surface area contributed by atoms with Crippen LogP contribution in [0.5, 0.6) is 11.5 Å². The lowest BCUT2D eigenvalue weighted by Gasteiger charge is -2.14. The maximum atomic E-state index is 11.9. The number of hydrogen-bond donors (Lipinski definition) is 3. The van der Waals surface area contributed by atoms with Crippen molar-refractivity contribution in [1.29, 1.82) is 0 Å². The Hall–Kier alpha value is -2.54. The Bertz CT molecular complexity index is 613. The van der Waals surface area contributed by atoms with Gasteiger partial charge in [0.25, 0.3) is 0 Å². The molecule has 1 heterocycles. The van der Waals surface area contributed by atoms with Gasteiger partial charge < -0.3 is 25.5 Å². The highest BCUT2D eigenvalue weighted by Gasteiger charge is 2.14. The molecular formula is C15H20N4O3. The van der Waals surface area contributed by atoms with Crippen LogP contribution in [-0.4, -0.2) is 30.1 Å². The van der Waals surface area contributed by atoms with Crippen LogP contribution in [-0.2, 0) is 11.3 Å². The number of nitrogens with one attached hydrogen (secondary N) is 2. The number of methoxy groups -OCH3 is 2. The van der Waals surface area contributed by atoms with Crippen LogP contribution in [0.25, 0.3) is 0 Å². The van der Waals surface area contributed by atoms with Gasteiger partial charge in [-0.15, -0.1) is 0 Å². The van der Waals surface area contributed by atoms with Crippen molar-refractivity contribution in [2.24, 2.45) is 5.73 Å². The van der Waals surface area contributed by atoms with Crippen LogP contribution < -0.4 is 20.5 Å². The molecule has 118 valence electrons. The molecule has 0 unspecified atom stereocenters.